The van der Waals surface area contributed by atoms with E-state index >= 15 is 0 Å². The van der Waals surface area contributed by atoms with Crippen molar-refractivity contribution in [1.29, 1.82) is 0 Å². The van der Waals surface area contributed by atoms with Gasteiger partial charge in [0, 0.05) is 11.8 Å². The van der Waals surface area contributed by atoms with Gasteiger partial charge in [0.2, 0.25) is 5.78 Å². The molecule has 19 heavy (non-hydrogen) atoms. The molecule has 0 radical (unpaired) electrons. The van der Waals surface area contributed by atoms with Crippen molar-refractivity contribution in [2.45, 2.75) is 32.1 Å². The van der Waals surface area contributed by atoms with Gasteiger partial charge in [-0.2, -0.15) is 0 Å². The number of nitrogens with zero attached hydrogens (tertiary/aromatic N) is 2. The van der Waals surface area contributed by atoms with E-state index in [4.69, 9.17) is 0 Å². The van der Waals surface area contributed by atoms with Gasteiger partial charge >= 0.3 is 0 Å². The lowest BCUT2D eigenvalue weighted by molar-refractivity contribution is 0.103. The third-order valence-electron chi connectivity index (χ3n) is 3.76. The van der Waals surface area contributed by atoms with E-state index in [0.29, 0.717) is 17.2 Å². The Morgan fingerprint density at radius 3 is 2.37 bits per heavy atom. The standard InChI is InChI=1S/C16H16N2O/c1-11-9-18-15(10-17-11)16(19)14-7-5-13(6-8-14)12-3-2-4-12/h5-10,12H,2-4H2,1H3. The number of aromatic nitrogens is 2. The molecule has 0 aliphatic heterocycles. The highest BCUT2D eigenvalue weighted by molar-refractivity contribution is 6.07. The van der Waals surface area contributed by atoms with Gasteiger partial charge in [-0.1, -0.05) is 30.7 Å². The van der Waals surface area contributed by atoms with Crippen molar-refractivity contribution in [3.05, 3.63) is 59.2 Å². The van der Waals surface area contributed by atoms with Gasteiger partial charge in [0.05, 0.1) is 11.9 Å². The lowest BCUT2D eigenvalue weighted by atomic mass is 9.80. The van der Waals surface area contributed by atoms with E-state index in [9.17, 15) is 4.79 Å². The zero-order valence-corrected chi connectivity index (χ0v) is 11.0. The molecule has 96 valence electrons. The molecule has 1 aromatic heterocycles. The first-order chi connectivity index (χ1) is 9.24. The van der Waals surface area contributed by atoms with Gasteiger partial charge in [-0.25, -0.2) is 4.98 Å². The summed E-state index contributed by atoms with van der Waals surface area (Å²) in [4.78, 5) is 20.5. The molecule has 0 spiro atoms. The molecule has 0 bridgehead atoms. The van der Waals surface area contributed by atoms with Crippen LogP contribution in [0.1, 0.15) is 52.5 Å². The highest BCUT2D eigenvalue weighted by atomic mass is 16.1. The van der Waals surface area contributed by atoms with Crippen LogP contribution in [0.2, 0.25) is 0 Å². The minimum atomic E-state index is -0.0624. The summed E-state index contributed by atoms with van der Waals surface area (Å²) in [6, 6.07) is 7.94. The number of hydrogen-bond acceptors (Lipinski definition) is 3. The molecule has 1 aliphatic rings. The summed E-state index contributed by atoms with van der Waals surface area (Å²) in [5.41, 5.74) is 3.25. The number of hydrogen-bond donors (Lipinski definition) is 0. The fourth-order valence-corrected chi connectivity index (χ4v) is 2.31. The zero-order chi connectivity index (χ0) is 13.2. The third kappa shape index (κ3) is 2.41. The Labute approximate surface area is 112 Å². The molecule has 1 aliphatic carbocycles. The van der Waals surface area contributed by atoms with Crippen LogP contribution in [-0.4, -0.2) is 15.8 Å². The molecular weight excluding hydrogens is 236 g/mol. The van der Waals surface area contributed by atoms with Crippen LogP contribution in [0.4, 0.5) is 0 Å². The SMILES string of the molecule is Cc1cnc(C(=O)c2ccc(C3CCC3)cc2)cn1. The monoisotopic (exact) mass is 252 g/mol. The predicted octanol–water partition coefficient (Wildman–Crippen LogP) is 3.28. The van der Waals surface area contributed by atoms with E-state index in [1.807, 2.05) is 19.1 Å². The molecule has 1 heterocycles. The Balaban J connectivity index is 1.81. The second kappa shape index (κ2) is 4.92. The van der Waals surface area contributed by atoms with Crippen LogP contribution in [0.3, 0.4) is 0 Å². The van der Waals surface area contributed by atoms with E-state index in [1.165, 1.54) is 31.0 Å². The lowest BCUT2D eigenvalue weighted by Gasteiger charge is -2.25. The highest BCUT2D eigenvalue weighted by Gasteiger charge is 2.19. The summed E-state index contributed by atoms with van der Waals surface area (Å²) in [5.74, 6) is 0.635. The fraction of sp³-hybridized carbons (Fsp3) is 0.312. The second-order valence-corrected chi connectivity index (χ2v) is 5.12. The summed E-state index contributed by atoms with van der Waals surface area (Å²) >= 11 is 0. The number of ketones is 1. The van der Waals surface area contributed by atoms with Crippen LogP contribution in [0, 0.1) is 6.92 Å². The van der Waals surface area contributed by atoms with Crippen LogP contribution in [0.25, 0.3) is 0 Å². The van der Waals surface area contributed by atoms with Crippen molar-refractivity contribution in [3.63, 3.8) is 0 Å². The minimum absolute atomic E-state index is 0.0624. The van der Waals surface area contributed by atoms with E-state index < -0.39 is 0 Å². The minimum Gasteiger partial charge on any atom is -0.287 e. The average Bonchev–Trinajstić information content (AvgIpc) is 2.38. The molecule has 1 fully saturated rings. The maximum atomic E-state index is 12.2. The number of aryl methyl sites for hydroxylation is 1. The van der Waals surface area contributed by atoms with Crippen LogP contribution < -0.4 is 0 Å². The third-order valence-corrected chi connectivity index (χ3v) is 3.76. The number of carbonyl (C=O) groups excluding carboxylic acids is 1. The summed E-state index contributed by atoms with van der Waals surface area (Å²) in [6.45, 7) is 1.86. The summed E-state index contributed by atoms with van der Waals surface area (Å²) in [5, 5.41) is 0. The first-order valence-corrected chi connectivity index (χ1v) is 6.67. The van der Waals surface area contributed by atoms with Gasteiger partial charge in [0.1, 0.15) is 5.69 Å². The van der Waals surface area contributed by atoms with Crippen molar-refractivity contribution in [1.82, 2.24) is 9.97 Å². The van der Waals surface area contributed by atoms with E-state index in [2.05, 4.69) is 22.1 Å². The molecule has 1 aromatic carbocycles. The molecule has 3 heteroatoms. The normalized spacial score (nSPS) is 15.0. The lowest BCUT2D eigenvalue weighted by Crippen LogP contribution is -2.09. The Bertz CT molecular complexity index is 583. The molecule has 0 saturated heterocycles. The van der Waals surface area contributed by atoms with Crippen molar-refractivity contribution >= 4 is 5.78 Å². The smallest absolute Gasteiger partial charge is 0.212 e. The van der Waals surface area contributed by atoms with Crippen molar-refractivity contribution < 1.29 is 4.79 Å². The van der Waals surface area contributed by atoms with Crippen LogP contribution in [-0.2, 0) is 0 Å². The van der Waals surface area contributed by atoms with Crippen molar-refractivity contribution in [2.24, 2.45) is 0 Å². The topological polar surface area (TPSA) is 42.9 Å². The maximum Gasteiger partial charge on any atom is 0.212 e. The van der Waals surface area contributed by atoms with Gasteiger partial charge in [-0.05, 0) is 31.2 Å². The fourth-order valence-electron chi connectivity index (χ4n) is 2.31. The molecule has 2 aromatic rings. The number of benzene rings is 1. The summed E-state index contributed by atoms with van der Waals surface area (Å²) in [6.07, 6.45) is 7.03. The quantitative estimate of drug-likeness (QED) is 0.787. The van der Waals surface area contributed by atoms with Gasteiger partial charge in [-0.15, -0.1) is 0 Å². The molecule has 0 amide bonds. The summed E-state index contributed by atoms with van der Waals surface area (Å²) < 4.78 is 0. The van der Waals surface area contributed by atoms with Crippen LogP contribution in [0.5, 0.6) is 0 Å². The molecule has 0 atom stereocenters. The highest BCUT2D eigenvalue weighted by Crippen LogP contribution is 2.36. The predicted molar refractivity (Wildman–Crippen MR) is 73.2 cm³/mol. The van der Waals surface area contributed by atoms with Crippen molar-refractivity contribution in [2.75, 3.05) is 0 Å². The molecule has 3 nitrogen and oxygen atoms in total. The van der Waals surface area contributed by atoms with Gasteiger partial charge in [0.25, 0.3) is 0 Å². The largest absolute Gasteiger partial charge is 0.287 e. The van der Waals surface area contributed by atoms with Crippen LogP contribution in [0.15, 0.2) is 36.7 Å². The van der Waals surface area contributed by atoms with Gasteiger partial charge in [-0.3, -0.25) is 9.78 Å². The Morgan fingerprint density at radius 1 is 1.11 bits per heavy atom. The molecule has 3 rings (SSSR count). The number of rotatable bonds is 3. The van der Waals surface area contributed by atoms with Gasteiger partial charge in [0.15, 0.2) is 0 Å². The summed E-state index contributed by atoms with van der Waals surface area (Å²) in [7, 11) is 0. The number of carbonyl (C=O) groups is 1. The molecular formula is C16H16N2O. The Hall–Kier alpha value is -2.03. The molecule has 0 N–H and O–H groups in total. The van der Waals surface area contributed by atoms with Crippen LogP contribution >= 0.6 is 0 Å². The first kappa shape index (κ1) is 12.0. The molecule has 1 saturated carbocycles. The Morgan fingerprint density at radius 2 is 1.84 bits per heavy atom. The Kier molecular flexibility index (Phi) is 3.11. The molecule has 0 unspecified atom stereocenters. The first-order valence-electron chi connectivity index (χ1n) is 6.67. The van der Waals surface area contributed by atoms with E-state index in [0.717, 1.165) is 5.69 Å². The zero-order valence-electron chi connectivity index (χ0n) is 11.0. The maximum absolute atomic E-state index is 12.2. The van der Waals surface area contributed by atoms with E-state index in [-0.39, 0.29) is 5.78 Å². The van der Waals surface area contributed by atoms with Gasteiger partial charge < -0.3 is 0 Å². The average molecular weight is 252 g/mol. The second-order valence-electron chi connectivity index (χ2n) is 5.12. The van der Waals surface area contributed by atoms with Crippen molar-refractivity contribution in [3.8, 4) is 0 Å². The van der Waals surface area contributed by atoms with E-state index in [1.54, 1.807) is 6.20 Å².